The summed E-state index contributed by atoms with van der Waals surface area (Å²) in [6.45, 7) is 6.95. The molecule has 0 aromatic heterocycles. The molecule has 6 nitrogen and oxygen atoms in total. The van der Waals surface area contributed by atoms with Gasteiger partial charge in [0.25, 0.3) is 5.91 Å². The van der Waals surface area contributed by atoms with Gasteiger partial charge in [-0.1, -0.05) is 102 Å². The molecule has 0 fully saturated rings. The molecule has 0 atom stereocenters. The van der Waals surface area contributed by atoms with Crippen molar-refractivity contribution in [2.24, 2.45) is 0 Å². The zero-order valence-electron chi connectivity index (χ0n) is 26.3. The van der Waals surface area contributed by atoms with Crippen molar-refractivity contribution < 1.29 is 19.1 Å². The van der Waals surface area contributed by atoms with E-state index in [1.54, 1.807) is 18.2 Å². The molecule has 1 aliphatic rings. The fraction of sp³-hybridized carbons (Fsp3) is 0.543. The van der Waals surface area contributed by atoms with E-state index in [9.17, 15) is 9.59 Å². The number of nitrogens with one attached hydrogen (secondary N) is 1. The molecule has 8 heteroatoms. The summed E-state index contributed by atoms with van der Waals surface area (Å²) < 4.78 is 12.0. The molecule has 1 amide bonds. The van der Waals surface area contributed by atoms with Crippen LogP contribution < -0.4 is 14.8 Å². The highest BCUT2D eigenvalue weighted by atomic mass is 79.9. The number of carbonyl (C=O) groups excluding carboxylic acids is 2. The van der Waals surface area contributed by atoms with Gasteiger partial charge in [0.2, 0.25) is 0 Å². The summed E-state index contributed by atoms with van der Waals surface area (Å²) in [5, 5.41) is 2.99. The number of benzene rings is 2. The second-order valence-electron chi connectivity index (χ2n) is 11.2. The highest BCUT2D eigenvalue weighted by Gasteiger charge is 2.17. The summed E-state index contributed by atoms with van der Waals surface area (Å²) in [4.78, 5) is 28.7. The number of ketones is 1. The van der Waals surface area contributed by atoms with Crippen LogP contribution in [0.5, 0.6) is 11.5 Å². The van der Waals surface area contributed by atoms with E-state index in [4.69, 9.17) is 9.47 Å². The number of hydrogen-bond donors (Lipinski definition) is 1. The van der Waals surface area contributed by atoms with Gasteiger partial charge in [0, 0.05) is 18.4 Å². The minimum Gasteiger partial charge on any atom is -0.489 e. The molecule has 0 saturated heterocycles. The summed E-state index contributed by atoms with van der Waals surface area (Å²) in [6.07, 6.45) is 17.4. The van der Waals surface area contributed by atoms with E-state index in [2.05, 4.69) is 30.3 Å². The van der Waals surface area contributed by atoms with Crippen molar-refractivity contribution in [1.82, 2.24) is 4.90 Å². The third kappa shape index (κ3) is 13.8. The minimum absolute atomic E-state index is 0. The van der Waals surface area contributed by atoms with Gasteiger partial charge in [-0.25, -0.2) is 0 Å². The molecule has 1 aliphatic heterocycles. The van der Waals surface area contributed by atoms with Gasteiger partial charge >= 0.3 is 0 Å². The zero-order chi connectivity index (χ0) is 30.0. The van der Waals surface area contributed by atoms with E-state index in [0.29, 0.717) is 23.7 Å². The van der Waals surface area contributed by atoms with Crippen LogP contribution in [0.15, 0.2) is 53.6 Å². The van der Waals surface area contributed by atoms with E-state index in [0.717, 1.165) is 36.5 Å². The largest absolute Gasteiger partial charge is 0.489 e. The van der Waals surface area contributed by atoms with Gasteiger partial charge in [-0.3, -0.25) is 9.59 Å². The van der Waals surface area contributed by atoms with Crippen LogP contribution in [0.1, 0.15) is 114 Å². The number of halogens is 1. The van der Waals surface area contributed by atoms with Crippen LogP contribution in [-0.4, -0.2) is 35.7 Å². The number of ether oxygens (including phenoxy) is 2. The summed E-state index contributed by atoms with van der Waals surface area (Å²) in [5.41, 5.74) is 2.29. The van der Waals surface area contributed by atoms with Crippen molar-refractivity contribution in [2.45, 2.75) is 104 Å². The lowest BCUT2D eigenvalue weighted by Gasteiger charge is -2.18. The van der Waals surface area contributed by atoms with Crippen LogP contribution in [0.25, 0.3) is 0 Å². The van der Waals surface area contributed by atoms with Gasteiger partial charge in [0.1, 0.15) is 0 Å². The van der Waals surface area contributed by atoms with Crippen molar-refractivity contribution >= 4 is 46.1 Å². The average molecular weight is 676 g/mol. The van der Waals surface area contributed by atoms with Gasteiger partial charge < -0.3 is 19.7 Å². The minimum atomic E-state index is -0.259. The van der Waals surface area contributed by atoms with Crippen LogP contribution in [-0.2, 0) is 11.3 Å². The first kappa shape index (κ1) is 36.7. The van der Waals surface area contributed by atoms with E-state index in [-0.39, 0.29) is 35.3 Å². The molecule has 2 aromatic rings. The molecule has 0 spiro atoms. The number of rotatable bonds is 21. The van der Waals surface area contributed by atoms with Crippen LogP contribution in [0.3, 0.4) is 0 Å². The third-order valence-corrected chi connectivity index (χ3v) is 8.47. The molecule has 43 heavy (non-hydrogen) atoms. The molecular formula is C35H51BrN2O4S. The Hall–Kier alpha value is -2.45. The fourth-order valence-corrected chi connectivity index (χ4v) is 5.87. The first-order valence-corrected chi connectivity index (χ1v) is 16.8. The number of Topliss-reactive ketones (excluding diaryl/α,β-unsaturated/α-hetero) is 1. The van der Waals surface area contributed by atoms with Crippen LogP contribution in [0, 0.1) is 0 Å². The van der Waals surface area contributed by atoms with E-state index >= 15 is 0 Å². The maximum Gasteiger partial charge on any atom is 0.262 e. The van der Waals surface area contributed by atoms with Gasteiger partial charge in [0.15, 0.2) is 23.9 Å². The molecular weight excluding hydrogens is 624 g/mol. The van der Waals surface area contributed by atoms with Crippen LogP contribution in [0.2, 0.25) is 0 Å². The molecule has 1 N–H and O–H groups in total. The molecule has 0 saturated carbocycles. The Kier molecular flexibility index (Phi) is 18.2. The summed E-state index contributed by atoms with van der Waals surface area (Å²) in [6, 6.07) is 13.1. The molecule has 2 aromatic carbocycles. The second kappa shape index (κ2) is 21.3. The topological polar surface area (TPSA) is 67.9 Å². The number of allylic oxidation sites excluding steroid dienone is 1. The Balaban J connectivity index is 0.00000645. The normalized spacial score (nSPS) is 12.4. The first-order chi connectivity index (χ1) is 20.5. The van der Waals surface area contributed by atoms with Crippen LogP contribution in [0.4, 0.5) is 5.69 Å². The number of nitrogens with zero attached hydrogens (tertiary/aromatic N) is 1. The SMILES string of the molecule is Br.CCCCCCCCCCCCCCOc1c(OCC(=O)Nc2ccccc2CN2C=C(C)SC2)cccc1C(C)=O. The van der Waals surface area contributed by atoms with Gasteiger partial charge in [-0.2, -0.15) is 0 Å². The van der Waals surface area contributed by atoms with Crippen molar-refractivity contribution in [1.29, 1.82) is 0 Å². The monoisotopic (exact) mass is 674 g/mol. The van der Waals surface area contributed by atoms with Crippen molar-refractivity contribution in [3.63, 3.8) is 0 Å². The smallest absolute Gasteiger partial charge is 0.262 e. The van der Waals surface area contributed by atoms with E-state index in [1.165, 1.54) is 76.0 Å². The number of carbonyl (C=O) groups is 2. The standard InChI is InChI=1S/C35H50N2O4S.BrH/c1-4-5-6-7-8-9-10-11-12-13-14-17-23-40-35-31(29(3)38)20-18-22-33(35)41-26-34(39)36-32-21-16-15-19-30(32)25-37-24-28(2)42-27-37;/h15-16,18-22,24H,4-14,17,23,25-27H2,1-3H3,(H,36,39);1H. The van der Waals surface area contributed by atoms with Crippen molar-refractivity contribution in [2.75, 3.05) is 24.4 Å². The Morgan fingerprint density at radius 2 is 1.51 bits per heavy atom. The fourth-order valence-electron chi connectivity index (χ4n) is 5.11. The molecule has 1 heterocycles. The summed E-state index contributed by atoms with van der Waals surface area (Å²) >= 11 is 1.81. The number of thioether (sulfide) groups is 1. The zero-order valence-corrected chi connectivity index (χ0v) is 28.9. The van der Waals surface area contributed by atoms with Gasteiger partial charge in [-0.15, -0.1) is 28.7 Å². The van der Waals surface area contributed by atoms with Crippen molar-refractivity contribution in [3.05, 3.63) is 64.7 Å². The maximum atomic E-state index is 12.9. The number of anilines is 1. The van der Waals surface area contributed by atoms with Gasteiger partial charge in [-0.05, 0) is 48.9 Å². The Morgan fingerprint density at radius 3 is 2.14 bits per heavy atom. The Bertz CT molecular complexity index is 1160. The Labute approximate surface area is 274 Å². The molecule has 238 valence electrons. The van der Waals surface area contributed by atoms with E-state index < -0.39 is 0 Å². The third-order valence-electron chi connectivity index (χ3n) is 7.45. The molecule has 0 bridgehead atoms. The quantitative estimate of drug-likeness (QED) is 0.105. The van der Waals surface area contributed by atoms with E-state index in [1.807, 2.05) is 36.0 Å². The number of unbranched alkanes of at least 4 members (excludes halogenated alkanes) is 11. The number of para-hydroxylation sites is 2. The molecule has 0 radical (unpaired) electrons. The highest BCUT2D eigenvalue weighted by molar-refractivity contribution is 8.93. The molecule has 3 rings (SSSR count). The van der Waals surface area contributed by atoms with Gasteiger partial charge in [0.05, 0.1) is 18.0 Å². The lowest BCUT2D eigenvalue weighted by Crippen LogP contribution is -2.22. The highest BCUT2D eigenvalue weighted by Crippen LogP contribution is 2.32. The average Bonchev–Trinajstić information content (AvgIpc) is 3.39. The first-order valence-electron chi connectivity index (χ1n) is 15.8. The Morgan fingerprint density at radius 1 is 0.860 bits per heavy atom. The lowest BCUT2D eigenvalue weighted by molar-refractivity contribution is -0.118. The second-order valence-corrected chi connectivity index (χ2v) is 12.4. The maximum absolute atomic E-state index is 12.9. The number of amides is 1. The van der Waals surface area contributed by atoms with Crippen molar-refractivity contribution in [3.8, 4) is 11.5 Å². The lowest BCUT2D eigenvalue weighted by atomic mass is 10.1. The number of hydrogen-bond acceptors (Lipinski definition) is 6. The predicted octanol–water partition coefficient (Wildman–Crippen LogP) is 9.93. The summed E-state index contributed by atoms with van der Waals surface area (Å²) in [7, 11) is 0. The van der Waals surface area contributed by atoms with Crippen LogP contribution >= 0.6 is 28.7 Å². The predicted molar refractivity (Wildman–Crippen MR) is 186 cm³/mol. The molecule has 0 unspecified atom stereocenters. The summed E-state index contributed by atoms with van der Waals surface area (Å²) in [5.74, 6) is 1.40. The molecule has 0 aliphatic carbocycles.